The molecule has 3 unspecified atom stereocenters. The minimum Gasteiger partial charge on any atom is -0.461 e. The average Bonchev–Trinajstić information content (AvgIpc) is 3.46. The van der Waals surface area contributed by atoms with E-state index in [1.165, 1.54) is 6.08 Å². The number of carbonyl (C=O) groups is 3. The summed E-state index contributed by atoms with van der Waals surface area (Å²) < 4.78 is 4.61. The molecule has 4 rings (SSSR count). The average molecular weight is 533 g/mol. The van der Waals surface area contributed by atoms with E-state index in [1.54, 1.807) is 51.9 Å². The lowest BCUT2D eigenvalue weighted by atomic mass is 9.66. The summed E-state index contributed by atoms with van der Waals surface area (Å²) in [5, 5.41) is 10.7. The van der Waals surface area contributed by atoms with Crippen LogP contribution in [0.2, 0.25) is 5.02 Å². The van der Waals surface area contributed by atoms with E-state index in [4.69, 9.17) is 16.3 Å². The molecule has 7 nitrogen and oxygen atoms in total. The van der Waals surface area contributed by atoms with E-state index in [0.717, 1.165) is 0 Å². The lowest BCUT2D eigenvalue weighted by Gasteiger charge is -2.41. The molecule has 0 radical (unpaired) electrons. The summed E-state index contributed by atoms with van der Waals surface area (Å²) in [5.74, 6) is -2.26. The van der Waals surface area contributed by atoms with Crippen molar-refractivity contribution in [1.29, 1.82) is 0 Å². The third kappa shape index (κ3) is 4.07. The summed E-state index contributed by atoms with van der Waals surface area (Å²) in [5.41, 5.74) is 0.640. The number of ether oxygens (including phenoxy) is 1. The number of esters is 1. The van der Waals surface area contributed by atoms with Crippen molar-refractivity contribution in [1.82, 2.24) is 4.90 Å². The third-order valence-corrected chi connectivity index (χ3v) is 10.2. The molecule has 0 aromatic heterocycles. The first-order valence-electron chi connectivity index (χ1n) is 12.3. The zero-order valence-corrected chi connectivity index (χ0v) is 22.2. The summed E-state index contributed by atoms with van der Waals surface area (Å²) in [4.78, 5) is 44.9. The summed E-state index contributed by atoms with van der Waals surface area (Å²) in [6.45, 7) is 11.4. The Morgan fingerprint density at radius 1 is 1.33 bits per heavy atom. The summed E-state index contributed by atoms with van der Waals surface area (Å²) in [6, 6.07) is 5.57. The fourth-order valence-electron chi connectivity index (χ4n) is 6.27. The van der Waals surface area contributed by atoms with Crippen molar-refractivity contribution >= 4 is 46.8 Å². The highest BCUT2D eigenvalue weighted by Crippen LogP contribution is 2.69. The lowest BCUT2D eigenvalue weighted by Crippen LogP contribution is -2.59. The minimum atomic E-state index is -0.843. The molecule has 1 aromatic rings. The van der Waals surface area contributed by atoms with Crippen LogP contribution in [-0.2, 0) is 19.1 Å². The maximum atomic E-state index is 14.5. The zero-order valence-electron chi connectivity index (χ0n) is 20.6. The number of rotatable bonds is 10. The van der Waals surface area contributed by atoms with Crippen LogP contribution in [0.4, 0.5) is 5.69 Å². The van der Waals surface area contributed by atoms with Crippen LogP contribution in [0.15, 0.2) is 49.6 Å². The first-order chi connectivity index (χ1) is 17.3. The Morgan fingerprint density at radius 3 is 2.61 bits per heavy atom. The number of thioether (sulfide) groups is 1. The van der Waals surface area contributed by atoms with Gasteiger partial charge < -0.3 is 19.6 Å². The number of nitrogens with zero attached hydrogens (tertiary/aromatic N) is 2. The second-order valence-electron chi connectivity index (χ2n) is 9.68. The molecule has 1 aromatic carbocycles. The molecule has 1 N–H and O–H groups in total. The Kier molecular flexibility index (Phi) is 7.88. The maximum absolute atomic E-state index is 14.5. The number of hydrogen-bond acceptors (Lipinski definition) is 6. The quantitative estimate of drug-likeness (QED) is 0.365. The minimum absolute atomic E-state index is 0.0100. The largest absolute Gasteiger partial charge is 0.461 e. The predicted octanol–water partition coefficient (Wildman–Crippen LogP) is 3.70. The van der Waals surface area contributed by atoms with Gasteiger partial charge in [0.2, 0.25) is 5.91 Å². The van der Waals surface area contributed by atoms with Gasteiger partial charge in [0.15, 0.2) is 0 Å². The van der Waals surface area contributed by atoms with Gasteiger partial charge in [-0.3, -0.25) is 14.4 Å². The van der Waals surface area contributed by atoms with Crippen LogP contribution < -0.4 is 4.90 Å². The van der Waals surface area contributed by atoms with Gasteiger partial charge in [0.25, 0.3) is 5.91 Å². The van der Waals surface area contributed by atoms with Gasteiger partial charge in [0.1, 0.15) is 12.6 Å². The van der Waals surface area contributed by atoms with Crippen molar-refractivity contribution < 1.29 is 24.2 Å². The number of halogens is 1. The van der Waals surface area contributed by atoms with E-state index in [-0.39, 0.29) is 42.7 Å². The molecule has 194 valence electrons. The topological polar surface area (TPSA) is 87.2 Å². The Hall–Kier alpha value is -2.29. The van der Waals surface area contributed by atoms with Crippen LogP contribution >= 0.6 is 23.4 Å². The SMILES string of the molecule is C=CCOC(=O)[C@@H]1[C@@H]2CC(C)C3(S2)C(C(=O)N(CC=C)c2ccc(Cl)cc2)N([C@@H](CC)CO)C(=O)[C@H]13. The molecule has 2 amide bonds. The van der Waals surface area contributed by atoms with Crippen LogP contribution in [0.25, 0.3) is 0 Å². The molecular formula is C27H33ClN2O5S. The lowest BCUT2D eigenvalue weighted by molar-refractivity contribution is -0.154. The van der Waals surface area contributed by atoms with E-state index in [9.17, 15) is 19.5 Å². The fourth-order valence-corrected chi connectivity index (χ4v) is 8.79. The molecule has 36 heavy (non-hydrogen) atoms. The number of amides is 2. The van der Waals surface area contributed by atoms with Crippen molar-refractivity contribution in [3.63, 3.8) is 0 Å². The normalized spacial score (nSPS) is 31.2. The molecule has 0 aliphatic carbocycles. The van der Waals surface area contributed by atoms with Gasteiger partial charge in [-0.1, -0.05) is 44.2 Å². The highest BCUT2D eigenvalue weighted by atomic mass is 35.5. The number of anilines is 1. The van der Waals surface area contributed by atoms with Crippen LogP contribution in [0.1, 0.15) is 26.7 Å². The van der Waals surface area contributed by atoms with E-state index >= 15 is 0 Å². The summed E-state index contributed by atoms with van der Waals surface area (Å²) >= 11 is 7.67. The molecule has 3 heterocycles. The molecule has 0 saturated carbocycles. The monoisotopic (exact) mass is 532 g/mol. The molecule has 9 heteroatoms. The molecule has 3 fully saturated rings. The van der Waals surface area contributed by atoms with Crippen LogP contribution in [0, 0.1) is 17.8 Å². The van der Waals surface area contributed by atoms with E-state index in [2.05, 4.69) is 20.1 Å². The van der Waals surface area contributed by atoms with Gasteiger partial charge in [0.05, 0.1) is 29.2 Å². The number of carbonyl (C=O) groups excluding carboxylic acids is 3. The van der Waals surface area contributed by atoms with E-state index in [1.807, 2.05) is 6.92 Å². The second kappa shape index (κ2) is 10.6. The number of benzene rings is 1. The van der Waals surface area contributed by atoms with Crippen molar-refractivity contribution in [3.05, 3.63) is 54.6 Å². The summed E-state index contributed by atoms with van der Waals surface area (Å²) in [7, 11) is 0. The number of fused-ring (bicyclic) bond motifs is 1. The molecule has 3 aliphatic heterocycles. The Balaban J connectivity index is 1.83. The van der Waals surface area contributed by atoms with Crippen LogP contribution in [0.3, 0.4) is 0 Å². The molecular weight excluding hydrogens is 500 g/mol. The van der Waals surface area contributed by atoms with Crippen LogP contribution in [0.5, 0.6) is 0 Å². The third-order valence-electron chi connectivity index (χ3n) is 7.82. The number of hydrogen-bond donors (Lipinski definition) is 1. The first-order valence-corrected chi connectivity index (χ1v) is 13.6. The predicted molar refractivity (Wildman–Crippen MR) is 142 cm³/mol. The Morgan fingerprint density at radius 2 is 2.03 bits per heavy atom. The first kappa shape index (κ1) is 26.8. The van der Waals surface area contributed by atoms with Crippen molar-refractivity contribution in [2.45, 2.75) is 48.8 Å². The van der Waals surface area contributed by atoms with Gasteiger partial charge in [-0.15, -0.1) is 18.3 Å². The van der Waals surface area contributed by atoms with Crippen LogP contribution in [-0.4, -0.2) is 69.6 Å². The number of likely N-dealkylation sites (tertiary alicyclic amines) is 1. The van der Waals surface area contributed by atoms with Crippen molar-refractivity contribution in [3.8, 4) is 0 Å². The smallest absolute Gasteiger partial charge is 0.311 e. The fraction of sp³-hybridized carbons (Fsp3) is 0.519. The van der Waals surface area contributed by atoms with E-state index < -0.39 is 34.6 Å². The number of aliphatic hydroxyl groups is 1. The highest BCUT2D eigenvalue weighted by molar-refractivity contribution is 8.02. The molecule has 7 atom stereocenters. The van der Waals surface area contributed by atoms with Crippen molar-refractivity contribution in [2.24, 2.45) is 17.8 Å². The van der Waals surface area contributed by atoms with Gasteiger partial charge in [-0.05, 0) is 43.0 Å². The molecule has 2 bridgehead atoms. The highest BCUT2D eigenvalue weighted by Gasteiger charge is 2.77. The Labute approximate surface area is 221 Å². The Bertz CT molecular complexity index is 1050. The number of aliphatic hydroxyl groups excluding tert-OH is 1. The molecule has 1 spiro atoms. The van der Waals surface area contributed by atoms with Gasteiger partial charge >= 0.3 is 5.97 Å². The van der Waals surface area contributed by atoms with Gasteiger partial charge in [-0.25, -0.2) is 0 Å². The zero-order chi connectivity index (χ0) is 26.2. The van der Waals surface area contributed by atoms with Gasteiger partial charge in [-0.2, -0.15) is 0 Å². The molecule has 3 aliphatic rings. The standard InChI is InChI=1S/C27H33ClN2O5S/c1-5-12-29(19-10-8-17(28)9-11-19)25(33)23-27-16(4)14-20(36-27)21(26(34)35-13-6-2)22(27)24(32)30(23)18(7-3)15-31/h5-6,8-11,16,18,20-23,31H,1-2,7,12-15H2,3-4H3/t16?,18-,20-,21+,22-,23?,27?/m0/s1. The van der Waals surface area contributed by atoms with Crippen molar-refractivity contribution in [2.75, 3.05) is 24.7 Å². The second-order valence-corrected chi connectivity index (χ2v) is 11.7. The van der Waals surface area contributed by atoms with Gasteiger partial charge in [0, 0.05) is 22.5 Å². The maximum Gasteiger partial charge on any atom is 0.311 e. The molecule has 3 saturated heterocycles. The summed E-state index contributed by atoms with van der Waals surface area (Å²) in [6.07, 6.45) is 4.33. The van der Waals surface area contributed by atoms with E-state index in [0.29, 0.717) is 23.6 Å².